The van der Waals surface area contributed by atoms with E-state index in [9.17, 15) is 0 Å². The van der Waals surface area contributed by atoms with E-state index in [2.05, 4.69) is 31.6 Å². The molecule has 0 amide bonds. The Balaban J connectivity index is 2.49. The van der Waals surface area contributed by atoms with Crippen molar-refractivity contribution >= 4 is 0 Å². The predicted octanol–water partition coefficient (Wildman–Crippen LogP) is 2.57. The SMILES string of the molecule is CCC1=CNC=C(CC)C1. The second-order valence-electron chi connectivity index (χ2n) is 2.66. The summed E-state index contributed by atoms with van der Waals surface area (Å²) in [5.74, 6) is 0. The quantitative estimate of drug-likeness (QED) is 0.616. The van der Waals surface area contributed by atoms with Crippen molar-refractivity contribution in [2.75, 3.05) is 0 Å². The van der Waals surface area contributed by atoms with Crippen LogP contribution in [0.3, 0.4) is 0 Å². The van der Waals surface area contributed by atoms with Crippen molar-refractivity contribution < 1.29 is 0 Å². The summed E-state index contributed by atoms with van der Waals surface area (Å²) in [6.45, 7) is 4.40. The maximum Gasteiger partial charge on any atom is -0.0000469 e. The Hall–Kier alpha value is -0.720. The molecule has 1 heterocycles. The first-order valence-corrected chi connectivity index (χ1v) is 3.98. The predicted molar refractivity (Wildman–Crippen MR) is 44.5 cm³/mol. The van der Waals surface area contributed by atoms with E-state index in [4.69, 9.17) is 0 Å². The maximum absolute atomic E-state index is 3.16. The standard InChI is InChI=1S/C9H15N/c1-3-8-5-9(4-2)7-10-6-8/h6-7,10H,3-5H2,1-2H3. The lowest BCUT2D eigenvalue weighted by molar-refractivity contribution is 0.868. The van der Waals surface area contributed by atoms with Crippen molar-refractivity contribution in [1.29, 1.82) is 0 Å². The van der Waals surface area contributed by atoms with Gasteiger partial charge in [0.05, 0.1) is 0 Å². The minimum Gasteiger partial charge on any atom is -0.368 e. The number of dihydropyridines is 1. The first-order chi connectivity index (χ1) is 4.86. The van der Waals surface area contributed by atoms with E-state index in [0.29, 0.717) is 0 Å². The molecule has 0 aromatic carbocycles. The zero-order chi connectivity index (χ0) is 7.40. The summed E-state index contributed by atoms with van der Waals surface area (Å²) >= 11 is 0. The van der Waals surface area contributed by atoms with Crippen molar-refractivity contribution in [2.24, 2.45) is 0 Å². The lowest BCUT2D eigenvalue weighted by Crippen LogP contribution is -2.04. The van der Waals surface area contributed by atoms with Gasteiger partial charge in [-0.15, -0.1) is 0 Å². The Bertz CT molecular complexity index is 148. The van der Waals surface area contributed by atoms with Crippen LogP contribution in [0.15, 0.2) is 23.5 Å². The highest BCUT2D eigenvalue weighted by atomic mass is 14.8. The molecule has 0 fully saturated rings. The van der Waals surface area contributed by atoms with Crippen LogP contribution in [-0.4, -0.2) is 0 Å². The lowest BCUT2D eigenvalue weighted by atomic mass is 10.0. The summed E-state index contributed by atoms with van der Waals surface area (Å²) in [5.41, 5.74) is 3.03. The first-order valence-electron chi connectivity index (χ1n) is 3.98. The molecule has 10 heavy (non-hydrogen) atoms. The van der Waals surface area contributed by atoms with Crippen molar-refractivity contribution in [2.45, 2.75) is 33.1 Å². The van der Waals surface area contributed by atoms with Gasteiger partial charge in [-0.2, -0.15) is 0 Å². The second-order valence-corrected chi connectivity index (χ2v) is 2.66. The number of allylic oxidation sites excluding steroid dienone is 2. The topological polar surface area (TPSA) is 12.0 Å². The van der Waals surface area contributed by atoms with Crippen LogP contribution in [0.2, 0.25) is 0 Å². The third-order valence-corrected chi connectivity index (χ3v) is 1.94. The van der Waals surface area contributed by atoms with Gasteiger partial charge in [-0.05, 0) is 31.7 Å². The average molecular weight is 137 g/mol. The molecule has 1 heteroatoms. The molecule has 0 aromatic rings. The molecule has 56 valence electrons. The fourth-order valence-electron chi connectivity index (χ4n) is 1.13. The van der Waals surface area contributed by atoms with Gasteiger partial charge < -0.3 is 5.32 Å². The summed E-state index contributed by atoms with van der Waals surface area (Å²) in [6, 6.07) is 0. The van der Waals surface area contributed by atoms with Crippen LogP contribution in [0.25, 0.3) is 0 Å². The van der Waals surface area contributed by atoms with Gasteiger partial charge in [-0.3, -0.25) is 0 Å². The minimum absolute atomic E-state index is 1.17. The molecule has 1 nitrogen and oxygen atoms in total. The molecule has 0 saturated heterocycles. The molecule has 0 spiro atoms. The molecule has 0 saturated carbocycles. The Morgan fingerprint density at radius 3 is 2.10 bits per heavy atom. The zero-order valence-electron chi connectivity index (χ0n) is 6.78. The molecule has 1 aliphatic heterocycles. The zero-order valence-corrected chi connectivity index (χ0v) is 6.78. The van der Waals surface area contributed by atoms with Crippen LogP contribution < -0.4 is 5.32 Å². The van der Waals surface area contributed by atoms with Gasteiger partial charge in [0.2, 0.25) is 0 Å². The highest BCUT2D eigenvalue weighted by molar-refractivity contribution is 5.19. The number of rotatable bonds is 2. The Labute approximate surface area is 62.8 Å². The maximum atomic E-state index is 3.16. The molecule has 1 aliphatic rings. The smallest absolute Gasteiger partial charge is 0.0000469 e. The summed E-state index contributed by atoms with van der Waals surface area (Å²) in [5, 5.41) is 3.16. The van der Waals surface area contributed by atoms with E-state index < -0.39 is 0 Å². The highest BCUT2D eigenvalue weighted by Crippen LogP contribution is 2.18. The minimum atomic E-state index is 1.17. The summed E-state index contributed by atoms with van der Waals surface area (Å²) in [6.07, 6.45) is 7.74. The van der Waals surface area contributed by atoms with Crippen molar-refractivity contribution in [3.8, 4) is 0 Å². The molecule has 0 aromatic heterocycles. The fourth-order valence-corrected chi connectivity index (χ4v) is 1.13. The lowest BCUT2D eigenvalue weighted by Gasteiger charge is -2.12. The van der Waals surface area contributed by atoms with Gasteiger partial charge >= 0.3 is 0 Å². The van der Waals surface area contributed by atoms with E-state index in [-0.39, 0.29) is 0 Å². The Kier molecular flexibility index (Phi) is 2.55. The summed E-state index contributed by atoms with van der Waals surface area (Å²) < 4.78 is 0. The van der Waals surface area contributed by atoms with Crippen molar-refractivity contribution in [3.63, 3.8) is 0 Å². The third kappa shape index (κ3) is 1.63. The molecular weight excluding hydrogens is 122 g/mol. The number of hydrogen-bond acceptors (Lipinski definition) is 1. The average Bonchev–Trinajstić information content (AvgIpc) is 2.05. The fraction of sp³-hybridized carbons (Fsp3) is 0.556. The van der Waals surface area contributed by atoms with E-state index >= 15 is 0 Å². The van der Waals surface area contributed by atoms with Crippen LogP contribution in [-0.2, 0) is 0 Å². The molecule has 1 N–H and O–H groups in total. The van der Waals surface area contributed by atoms with Gasteiger partial charge in [0.15, 0.2) is 0 Å². The van der Waals surface area contributed by atoms with E-state index in [1.54, 1.807) is 0 Å². The Morgan fingerprint density at radius 2 is 1.70 bits per heavy atom. The normalized spacial score (nSPS) is 17.4. The largest absolute Gasteiger partial charge is 0.368 e. The molecule has 0 atom stereocenters. The molecule has 0 aliphatic carbocycles. The van der Waals surface area contributed by atoms with E-state index in [1.807, 2.05) is 0 Å². The van der Waals surface area contributed by atoms with E-state index in [1.165, 1.54) is 30.4 Å². The monoisotopic (exact) mass is 137 g/mol. The van der Waals surface area contributed by atoms with Gasteiger partial charge in [0.25, 0.3) is 0 Å². The van der Waals surface area contributed by atoms with Crippen molar-refractivity contribution in [3.05, 3.63) is 23.5 Å². The molecule has 0 unspecified atom stereocenters. The second kappa shape index (κ2) is 3.45. The van der Waals surface area contributed by atoms with Crippen molar-refractivity contribution in [1.82, 2.24) is 5.32 Å². The van der Waals surface area contributed by atoms with Gasteiger partial charge in [-0.1, -0.05) is 25.0 Å². The third-order valence-electron chi connectivity index (χ3n) is 1.94. The first kappa shape index (κ1) is 7.39. The summed E-state index contributed by atoms with van der Waals surface area (Å²) in [4.78, 5) is 0. The molecular formula is C9H15N. The number of hydrogen-bond donors (Lipinski definition) is 1. The van der Waals surface area contributed by atoms with Gasteiger partial charge in [-0.25, -0.2) is 0 Å². The Morgan fingerprint density at radius 1 is 1.20 bits per heavy atom. The molecule has 0 bridgehead atoms. The number of nitrogens with one attached hydrogen (secondary N) is 1. The molecule has 1 rings (SSSR count). The highest BCUT2D eigenvalue weighted by Gasteiger charge is 2.02. The van der Waals surface area contributed by atoms with Crippen LogP contribution >= 0.6 is 0 Å². The van der Waals surface area contributed by atoms with Gasteiger partial charge in [0.1, 0.15) is 0 Å². The molecule has 0 radical (unpaired) electrons. The van der Waals surface area contributed by atoms with Gasteiger partial charge in [0, 0.05) is 0 Å². The summed E-state index contributed by atoms with van der Waals surface area (Å²) in [7, 11) is 0. The van der Waals surface area contributed by atoms with Crippen LogP contribution in [0.5, 0.6) is 0 Å². The van der Waals surface area contributed by atoms with Crippen LogP contribution in [0, 0.1) is 0 Å². The van der Waals surface area contributed by atoms with Crippen LogP contribution in [0.4, 0.5) is 0 Å². The van der Waals surface area contributed by atoms with E-state index in [0.717, 1.165) is 0 Å². The van der Waals surface area contributed by atoms with Crippen LogP contribution in [0.1, 0.15) is 33.1 Å².